The predicted molar refractivity (Wildman–Crippen MR) is 94.3 cm³/mol. The zero-order valence-electron chi connectivity index (χ0n) is 11.7. The molecule has 2 heterocycles. The van der Waals surface area contributed by atoms with E-state index in [-0.39, 0.29) is 11.9 Å². The molecule has 0 aliphatic heterocycles. The molecule has 0 aliphatic rings. The predicted octanol–water partition coefficient (Wildman–Crippen LogP) is 4.54. The lowest BCUT2D eigenvalue weighted by atomic mass is 10.2. The fourth-order valence-corrected chi connectivity index (χ4v) is 4.01. The largest absolute Gasteiger partial charge is 0.369 e. The van der Waals surface area contributed by atoms with Gasteiger partial charge in [-0.15, -0.1) is 11.3 Å². The molecule has 2 aromatic heterocycles. The third-order valence-corrected chi connectivity index (χ3v) is 5.34. The van der Waals surface area contributed by atoms with Crippen LogP contribution >= 0.6 is 33.9 Å². The zero-order chi connectivity index (χ0) is 15.1. The van der Waals surface area contributed by atoms with E-state index in [2.05, 4.69) is 31.0 Å². The molecule has 0 aliphatic carbocycles. The number of imidazole rings is 1. The number of aryl methyl sites for hydroxylation is 1. The van der Waals surface area contributed by atoms with Crippen LogP contribution in [-0.2, 0) is 6.42 Å². The van der Waals surface area contributed by atoms with Crippen molar-refractivity contribution in [3.05, 3.63) is 43.4 Å². The highest BCUT2D eigenvalue weighted by Gasteiger charge is 2.17. The molecule has 0 saturated heterocycles. The van der Waals surface area contributed by atoms with Crippen LogP contribution in [0.1, 0.15) is 22.7 Å². The maximum atomic E-state index is 13.8. The van der Waals surface area contributed by atoms with E-state index >= 15 is 0 Å². The number of thiophene rings is 1. The second-order valence-electron chi connectivity index (χ2n) is 5.16. The fourth-order valence-electron chi connectivity index (χ4n) is 2.55. The Morgan fingerprint density at radius 2 is 2.19 bits per heavy atom. The second kappa shape index (κ2) is 5.57. The van der Waals surface area contributed by atoms with Gasteiger partial charge in [-0.05, 0) is 54.6 Å². The van der Waals surface area contributed by atoms with Gasteiger partial charge < -0.3 is 10.3 Å². The van der Waals surface area contributed by atoms with Crippen LogP contribution in [0.3, 0.4) is 0 Å². The van der Waals surface area contributed by atoms with Gasteiger partial charge in [0.2, 0.25) is 5.95 Å². The van der Waals surface area contributed by atoms with Crippen molar-refractivity contribution in [3.63, 3.8) is 0 Å². The lowest BCUT2D eigenvalue weighted by Crippen LogP contribution is -2.11. The monoisotopic (exact) mass is 415 g/mol. The molecular weight excluding hydrogens is 400 g/mol. The van der Waals surface area contributed by atoms with Crippen molar-refractivity contribution in [2.75, 3.05) is 5.73 Å². The molecule has 1 unspecified atom stereocenters. The summed E-state index contributed by atoms with van der Waals surface area (Å²) >= 11 is 3.75. The van der Waals surface area contributed by atoms with Crippen molar-refractivity contribution < 1.29 is 4.39 Å². The normalized spacial score (nSPS) is 13.0. The number of nitrogen functional groups attached to an aromatic ring is 1. The van der Waals surface area contributed by atoms with Gasteiger partial charge >= 0.3 is 0 Å². The first-order valence-corrected chi connectivity index (χ1v) is 8.53. The summed E-state index contributed by atoms with van der Waals surface area (Å²) in [6.45, 7) is 4.18. The first-order chi connectivity index (χ1) is 9.95. The van der Waals surface area contributed by atoms with Gasteiger partial charge in [0.1, 0.15) is 5.82 Å². The van der Waals surface area contributed by atoms with E-state index in [0.29, 0.717) is 9.52 Å². The topological polar surface area (TPSA) is 43.8 Å². The van der Waals surface area contributed by atoms with Crippen LogP contribution in [0, 0.1) is 16.3 Å². The van der Waals surface area contributed by atoms with Gasteiger partial charge in [-0.1, -0.05) is 0 Å². The van der Waals surface area contributed by atoms with Crippen LogP contribution in [0.4, 0.5) is 10.3 Å². The highest BCUT2D eigenvalue weighted by molar-refractivity contribution is 14.1. The van der Waals surface area contributed by atoms with Crippen LogP contribution in [0.5, 0.6) is 0 Å². The number of hydrogen-bond donors (Lipinski definition) is 1. The van der Waals surface area contributed by atoms with E-state index in [1.54, 1.807) is 17.4 Å². The molecule has 0 fully saturated rings. The number of anilines is 1. The summed E-state index contributed by atoms with van der Waals surface area (Å²) in [7, 11) is 0. The second-order valence-corrected chi connectivity index (χ2v) is 7.70. The Labute approximate surface area is 140 Å². The minimum atomic E-state index is -0.233. The Morgan fingerprint density at radius 1 is 1.43 bits per heavy atom. The molecule has 110 valence electrons. The lowest BCUT2D eigenvalue weighted by Gasteiger charge is -2.15. The van der Waals surface area contributed by atoms with Crippen molar-refractivity contribution >= 4 is 50.9 Å². The Balaban J connectivity index is 2.02. The lowest BCUT2D eigenvalue weighted by molar-refractivity contribution is 0.568. The fraction of sp³-hybridized carbons (Fsp3) is 0.267. The molecule has 6 heteroatoms. The summed E-state index contributed by atoms with van der Waals surface area (Å²) in [6.07, 6.45) is 0.863. The number of nitrogens with two attached hydrogens (primary N) is 1. The minimum absolute atomic E-state index is 0.132. The third kappa shape index (κ3) is 2.78. The van der Waals surface area contributed by atoms with Crippen LogP contribution in [0.2, 0.25) is 0 Å². The number of halogens is 2. The Morgan fingerprint density at radius 3 is 2.86 bits per heavy atom. The van der Waals surface area contributed by atoms with Gasteiger partial charge in [-0.2, -0.15) is 0 Å². The number of aromatic nitrogens is 2. The molecule has 0 amide bonds. The van der Waals surface area contributed by atoms with Gasteiger partial charge in [-0.3, -0.25) is 0 Å². The average molecular weight is 415 g/mol. The van der Waals surface area contributed by atoms with Gasteiger partial charge in [0.15, 0.2) is 0 Å². The van der Waals surface area contributed by atoms with Crippen LogP contribution in [-0.4, -0.2) is 9.55 Å². The number of fused-ring (bicyclic) bond motifs is 1. The molecule has 0 saturated carbocycles. The van der Waals surface area contributed by atoms with Crippen LogP contribution in [0.25, 0.3) is 11.0 Å². The van der Waals surface area contributed by atoms with E-state index in [9.17, 15) is 4.39 Å². The molecule has 3 aromatic rings. The number of benzene rings is 1. The van der Waals surface area contributed by atoms with E-state index in [1.165, 1.54) is 15.8 Å². The van der Waals surface area contributed by atoms with Crippen molar-refractivity contribution in [2.24, 2.45) is 0 Å². The Bertz CT molecular complexity index is 809. The van der Waals surface area contributed by atoms with Crippen molar-refractivity contribution in [2.45, 2.75) is 26.3 Å². The maximum Gasteiger partial charge on any atom is 0.201 e. The van der Waals surface area contributed by atoms with Gasteiger partial charge in [0.25, 0.3) is 0 Å². The summed E-state index contributed by atoms with van der Waals surface area (Å²) in [6, 6.07) is 7.64. The summed E-state index contributed by atoms with van der Waals surface area (Å²) in [5, 5.41) is 0. The molecule has 0 bridgehead atoms. The smallest absolute Gasteiger partial charge is 0.201 e. The summed E-state index contributed by atoms with van der Waals surface area (Å²) in [5.41, 5.74) is 7.54. The maximum absolute atomic E-state index is 13.8. The van der Waals surface area contributed by atoms with Gasteiger partial charge in [-0.25, -0.2) is 9.37 Å². The first-order valence-electron chi connectivity index (χ1n) is 6.63. The van der Waals surface area contributed by atoms with E-state index in [0.717, 1.165) is 17.5 Å². The van der Waals surface area contributed by atoms with E-state index in [1.807, 2.05) is 27.2 Å². The number of rotatable bonds is 3. The van der Waals surface area contributed by atoms with Crippen LogP contribution < -0.4 is 5.73 Å². The van der Waals surface area contributed by atoms with Crippen molar-refractivity contribution in [3.8, 4) is 0 Å². The Hall–Kier alpha value is -1.15. The quantitative estimate of drug-likeness (QED) is 0.639. The van der Waals surface area contributed by atoms with Gasteiger partial charge in [0.05, 0.1) is 14.6 Å². The molecule has 21 heavy (non-hydrogen) atoms. The van der Waals surface area contributed by atoms with Crippen LogP contribution in [0.15, 0.2) is 24.3 Å². The first kappa shape index (κ1) is 14.8. The molecule has 1 aromatic carbocycles. The average Bonchev–Trinajstić information content (AvgIpc) is 2.93. The highest BCUT2D eigenvalue weighted by atomic mass is 127. The molecule has 0 spiro atoms. The van der Waals surface area contributed by atoms with Crippen molar-refractivity contribution in [1.82, 2.24) is 9.55 Å². The van der Waals surface area contributed by atoms with Gasteiger partial charge in [0, 0.05) is 28.3 Å². The zero-order valence-corrected chi connectivity index (χ0v) is 14.7. The standard InChI is InChI=1S/C15H15FIN3S/c1-8(5-10-4-3-9(2)21-10)20-14-6-11(16)12(17)7-13(14)19-15(20)18/h3-4,6-8H,5H2,1-2H3,(H2,18,19). The summed E-state index contributed by atoms with van der Waals surface area (Å²) < 4.78 is 16.3. The molecule has 2 N–H and O–H groups in total. The molecule has 1 atom stereocenters. The van der Waals surface area contributed by atoms with E-state index in [4.69, 9.17) is 5.73 Å². The molecular formula is C15H15FIN3S. The Kier molecular flexibility index (Phi) is 3.92. The molecule has 3 nitrogen and oxygen atoms in total. The molecule has 0 radical (unpaired) electrons. The minimum Gasteiger partial charge on any atom is -0.369 e. The number of hydrogen-bond acceptors (Lipinski definition) is 3. The van der Waals surface area contributed by atoms with E-state index < -0.39 is 0 Å². The van der Waals surface area contributed by atoms with Crippen molar-refractivity contribution in [1.29, 1.82) is 0 Å². The summed E-state index contributed by atoms with van der Waals surface area (Å²) in [5.74, 6) is 0.204. The summed E-state index contributed by atoms with van der Waals surface area (Å²) in [4.78, 5) is 6.95. The highest BCUT2D eigenvalue weighted by Crippen LogP contribution is 2.29. The third-order valence-electron chi connectivity index (χ3n) is 3.49. The molecule has 3 rings (SSSR count). The number of nitrogens with zero attached hydrogens (tertiary/aromatic N) is 2. The SMILES string of the molecule is Cc1ccc(CC(C)n2c(N)nc3cc(I)c(F)cc32)s1.